The Morgan fingerprint density at radius 3 is 3.08 bits per heavy atom. The molecule has 0 bridgehead atoms. The second-order valence-corrected chi connectivity index (χ2v) is 4.31. The Morgan fingerprint density at radius 2 is 2.38 bits per heavy atom. The quantitative estimate of drug-likeness (QED) is 0.770. The van der Waals surface area contributed by atoms with Gasteiger partial charge in [0, 0.05) is 22.3 Å². The molecule has 0 fully saturated rings. The van der Waals surface area contributed by atoms with Crippen LogP contribution in [0.25, 0.3) is 11.0 Å². The smallest absolute Gasteiger partial charge is 0.188 e. The molecule has 2 N–H and O–H groups in total. The van der Waals surface area contributed by atoms with E-state index in [1.165, 1.54) is 6.20 Å². The topological polar surface area (TPSA) is 66.0 Å². The minimum atomic E-state index is -1.97. The van der Waals surface area contributed by atoms with Crippen molar-refractivity contribution in [3.63, 3.8) is 0 Å². The highest BCUT2D eigenvalue weighted by Gasteiger charge is 2.09. The third-order valence-corrected chi connectivity index (χ3v) is 2.80. The second kappa shape index (κ2) is 3.21. The van der Waals surface area contributed by atoms with Gasteiger partial charge in [0.2, 0.25) is 0 Å². The second-order valence-electron chi connectivity index (χ2n) is 2.45. The number of H-pyrrole nitrogens is 1. The number of fused-ring (bicyclic) bond motifs is 1. The molecule has 2 rings (SSSR count). The van der Waals surface area contributed by atoms with E-state index in [1.54, 1.807) is 12.3 Å². The first-order valence-corrected chi connectivity index (χ1v) is 5.32. The van der Waals surface area contributed by atoms with Crippen LogP contribution in [0, 0.1) is 0 Å². The Hall–Kier alpha value is -0.720. The Kier molecular flexibility index (Phi) is 2.19. The summed E-state index contributed by atoms with van der Waals surface area (Å²) in [5, 5.41) is 0.662. The summed E-state index contributed by atoms with van der Waals surface area (Å²) >= 11 is 1.27. The van der Waals surface area contributed by atoms with Crippen LogP contribution in [0.1, 0.15) is 0 Å². The van der Waals surface area contributed by atoms with Crippen LogP contribution in [0.15, 0.2) is 27.8 Å². The Labute approximate surface area is 84.8 Å². The van der Waals surface area contributed by atoms with Crippen LogP contribution in [0.5, 0.6) is 0 Å². The molecule has 4 nitrogen and oxygen atoms in total. The van der Waals surface area contributed by atoms with Crippen LogP contribution in [0.2, 0.25) is 0 Å². The van der Waals surface area contributed by atoms with Gasteiger partial charge in [0.1, 0.15) is 5.65 Å². The number of pyridine rings is 1. The predicted molar refractivity (Wildman–Crippen MR) is 52.8 cm³/mol. The van der Waals surface area contributed by atoms with Gasteiger partial charge in [-0.2, -0.15) is 0 Å². The molecule has 68 valence electrons. The van der Waals surface area contributed by atoms with Crippen molar-refractivity contribution in [2.24, 2.45) is 0 Å². The van der Waals surface area contributed by atoms with Crippen LogP contribution in [0.4, 0.5) is 0 Å². The van der Waals surface area contributed by atoms with Crippen molar-refractivity contribution in [1.29, 1.82) is 0 Å². The Bertz CT molecular complexity index is 482. The average molecular weight is 261 g/mol. The predicted octanol–water partition coefficient (Wildman–Crippen LogP) is 1.91. The van der Waals surface area contributed by atoms with Gasteiger partial charge >= 0.3 is 0 Å². The average Bonchev–Trinajstić information content (AvgIpc) is 2.46. The SMILES string of the molecule is O=S(O)c1c[nH]c2ncc(Br)cc12. The summed E-state index contributed by atoms with van der Waals surface area (Å²) in [6.45, 7) is 0. The number of nitrogens with one attached hydrogen (secondary N) is 1. The molecule has 13 heavy (non-hydrogen) atoms. The largest absolute Gasteiger partial charge is 0.345 e. The molecule has 2 aromatic rings. The van der Waals surface area contributed by atoms with Crippen molar-refractivity contribution >= 4 is 38.0 Å². The Morgan fingerprint density at radius 1 is 1.62 bits per heavy atom. The van der Waals surface area contributed by atoms with Gasteiger partial charge in [-0.1, -0.05) is 0 Å². The molecule has 6 heteroatoms. The van der Waals surface area contributed by atoms with E-state index in [2.05, 4.69) is 25.9 Å². The van der Waals surface area contributed by atoms with Gasteiger partial charge in [0.25, 0.3) is 0 Å². The number of hydrogen-bond donors (Lipinski definition) is 2. The van der Waals surface area contributed by atoms with Gasteiger partial charge in [0.15, 0.2) is 11.1 Å². The molecule has 0 aliphatic heterocycles. The molecule has 0 amide bonds. The van der Waals surface area contributed by atoms with Gasteiger partial charge < -0.3 is 9.54 Å². The summed E-state index contributed by atoms with van der Waals surface area (Å²) in [7, 11) is 0. The minimum Gasteiger partial charge on any atom is -0.345 e. The molecule has 2 heterocycles. The number of halogens is 1. The minimum absolute atomic E-state index is 0.351. The molecule has 2 aromatic heterocycles. The van der Waals surface area contributed by atoms with E-state index < -0.39 is 11.1 Å². The number of hydrogen-bond acceptors (Lipinski definition) is 2. The van der Waals surface area contributed by atoms with Crippen molar-refractivity contribution in [3.8, 4) is 0 Å². The summed E-state index contributed by atoms with van der Waals surface area (Å²) in [5.74, 6) is 0. The van der Waals surface area contributed by atoms with E-state index in [4.69, 9.17) is 4.55 Å². The zero-order valence-corrected chi connectivity index (χ0v) is 8.72. The summed E-state index contributed by atoms with van der Waals surface area (Å²) in [5.41, 5.74) is 0.612. The van der Waals surface area contributed by atoms with E-state index >= 15 is 0 Å². The first-order chi connectivity index (χ1) is 6.18. The maximum Gasteiger partial charge on any atom is 0.188 e. The molecular weight excluding hydrogens is 256 g/mol. The highest BCUT2D eigenvalue weighted by molar-refractivity contribution is 9.10. The van der Waals surface area contributed by atoms with Gasteiger partial charge in [-0.25, -0.2) is 9.19 Å². The van der Waals surface area contributed by atoms with E-state index in [-0.39, 0.29) is 0 Å². The molecule has 0 saturated carbocycles. The standard InChI is InChI=1S/C7H5BrN2O2S/c8-4-1-5-6(13(11)12)3-10-7(5)9-2-4/h1-3H,(H,9,10)(H,11,12). The van der Waals surface area contributed by atoms with E-state index in [1.807, 2.05) is 0 Å². The summed E-state index contributed by atoms with van der Waals surface area (Å²) in [6, 6.07) is 1.75. The lowest BCUT2D eigenvalue weighted by molar-refractivity contribution is 0.565. The van der Waals surface area contributed by atoms with Crippen molar-refractivity contribution < 1.29 is 8.76 Å². The lowest BCUT2D eigenvalue weighted by atomic mass is 10.3. The fourth-order valence-electron chi connectivity index (χ4n) is 1.10. The zero-order chi connectivity index (χ0) is 9.42. The van der Waals surface area contributed by atoms with Gasteiger partial charge in [-0.3, -0.25) is 0 Å². The number of rotatable bonds is 1. The van der Waals surface area contributed by atoms with E-state index in [0.717, 1.165) is 4.47 Å². The summed E-state index contributed by atoms with van der Waals surface area (Å²) in [6.07, 6.45) is 3.11. The zero-order valence-electron chi connectivity index (χ0n) is 6.32. The molecule has 0 saturated heterocycles. The fraction of sp³-hybridized carbons (Fsp3) is 0. The van der Waals surface area contributed by atoms with Crippen molar-refractivity contribution in [2.75, 3.05) is 0 Å². The highest BCUT2D eigenvalue weighted by Crippen LogP contribution is 2.22. The highest BCUT2D eigenvalue weighted by atomic mass is 79.9. The molecule has 1 unspecified atom stereocenters. The van der Waals surface area contributed by atoms with Crippen LogP contribution in [0.3, 0.4) is 0 Å². The van der Waals surface area contributed by atoms with Crippen LogP contribution in [-0.4, -0.2) is 18.7 Å². The number of nitrogens with zero attached hydrogens (tertiary/aromatic N) is 1. The first kappa shape index (κ1) is 8.86. The number of aromatic amines is 1. The van der Waals surface area contributed by atoms with Crippen LogP contribution in [-0.2, 0) is 11.1 Å². The first-order valence-electron chi connectivity index (χ1n) is 3.42. The fourth-order valence-corrected chi connectivity index (χ4v) is 1.93. The molecular formula is C7H5BrN2O2S. The lowest BCUT2D eigenvalue weighted by Crippen LogP contribution is -1.85. The molecule has 0 aliphatic carbocycles. The summed E-state index contributed by atoms with van der Waals surface area (Å²) < 4.78 is 20.5. The van der Waals surface area contributed by atoms with Crippen molar-refractivity contribution in [2.45, 2.75) is 4.90 Å². The van der Waals surface area contributed by atoms with Crippen LogP contribution < -0.4 is 0 Å². The number of aromatic nitrogens is 2. The third kappa shape index (κ3) is 1.52. The van der Waals surface area contributed by atoms with E-state index in [0.29, 0.717) is 15.9 Å². The van der Waals surface area contributed by atoms with Gasteiger partial charge in [-0.05, 0) is 22.0 Å². The van der Waals surface area contributed by atoms with Crippen molar-refractivity contribution in [3.05, 3.63) is 22.9 Å². The maximum absolute atomic E-state index is 10.8. The maximum atomic E-state index is 10.8. The monoisotopic (exact) mass is 260 g/mol. The van der Waals surface area contributed by atoms with Crippen LogP contribution >= 0.6 is 15.9 Å². The normalized spacial score (nSPS) is 13.4. The molecule has 0 aromatic carbocycles. The lowest BCUT2D eigenvalue weighted by Gasteiger charge is -1.92. The molecule has 0 radical (unpaired) electrons. The molecule has 0 aliphatic rings. The third-order valence-electron chi connectivity index (χ3n) is 1.65. The van der Waals surface area contributed by atoms with Gasteiger partial charge in [0.05, 0.1) is 4.90 Å². The molecule has 1 atom stereocenters. The Balaban J connectivity index is 2.79. The van der Waals surface area contributed by atoms with E-state index in [9.17, 15) is 4.21 Å². The molecule has 0 spiro atoms. The van der Waals surface area contributed by atoms with Crippen molar-refractivity contribution in [1.82, 2.24) is 9.97 Å². The van der Waals surface area contributed by atoms with Gasteiger partial charge in [-0.15, -0.1) is 0 Å². The summed E-state index contributed by atoms with van der Waals surface area (Å²) in [4.78, 5) is 7.20.